The fourth-order valence-corrected chi connectivity index (χ4v) is 7.06. The summed E-state index contributed by atoms with van der Waals surface area (Å²) < 4.78 is 85.5. The second-order valence-corrected chi connectivity index (χ2v) is 22.3. The average molecular weight is 590 g/mol. The summed E-state index contributed by atoms with van der Waals surface area (Å²) in [4.78, 5) is 4.09. The summed E-state index contributed by atoms with van der Waals surface area (Å²) >= 11 is -2.71. The molecule has 3 aromatic carbocycles. The molecule has 0 atom stereocenters. The standard InChI is InChI=1S/C30H29F6GeN/c1-28(2,3)24-14-19(13-18-9-7-8-10-21(18)24)27-16-23(26(17-38-27)30(34,35)36)22-12-11-20(37(4,5)6)15-25(22)29(31,32)33/h7-17H,1-6H3. The molecule has 0 fully saturated rings. The van der Waals surface area contributed by atoms with Gasteiger partial charge in [-0.1, -0.05) is 6.07 Å². The molecule has 0 spiro atoms. The van der Waals surface area contributed by atoms with Gasteiger partial charge in [-0.05, 0) is 0 Å². The summed E-state index contributed by atoms with van der Waals surface area (Å²) in [5, 5.41) is 1.87. The van der Waals surface area contributed by atoms with Crippen LogP contribution in [0.15, 0.2) is 66.9 Å². The number of hydrogen-bond donors (Lipinski definition) is 0. The molecule has 38 heavy (non-hydrogen) atoms. The Labute approximate surface area is 221 Å². The normalized spacial score (nSPS) is 13.3. The Morgan fingerprint density at radius 1 is 0.658 bits per heavy atom. The van der Waals surface area contributed by atoms with Crippen LogP contribution in [0.1, 0.15) is 37.5 Å². The minimum atomic E-state index is -4.88. The molecule has 200 valence electrons. The molecule has 0 aliphatic carbocycles. The van der Waals surface area contributed by atoms with E-state index in [-0.39, 0.29) is 11.1 Å². The monoisotopic (exact) mass is 591 g/mol. The van der Waals surface area contributed by atoms with Crippen LogP contribution in [0.2, 0.25) is 17.3 Å². The Balaban J connectivity index is 2.03. The molecular formula is C30H29F6GeN. The predicted molar refractivity (Wildman–Crippen MR) is 144 cm³/mol. The van der Waals surface area contributed by atoms with E-state index >= 15 is 0 Å². The third-order valence-electron chi connectivity index (χ3n) is 6.66. The van der Waals surface area contributed by atoms with Crippen molar-refractivity contribution in [2.24, 2.45) is 0 Å². The van der Waals surface area contributed by atoms with Gasteiger partial charge in [0.15, 0.2) is 0 Å². The second kappa shape index (κ2) is 9.43. The van der Waals surface area contributed by atoms with Crippen molar-refractivity contribution in [1.82, 2.24) is 4.98 Å². The Hall–Kier alpha value is -2.81. The Kier molecular flexibility index (Phi) is 7.00. The second-order valence-electron chi connectivity index (χ2n) is 11.6. The van der Waals surface area contributed by atoms with Crippen molar-refractivity contribution in [3.05, 3.63) is 83.6 Å². The van der Waals surface area contributed by atoms with E-state index < -0.39 is 47.9 Å². The number of alkyl halides is 6. The third kappa shape index (κ3) is 5.63. The van der Waals surface area contributed by atoms with E-state index in [0.717, 1.165) is 28.5 Å². The summed E-state index contributed by atoms with van der Waals surface area (Å²) in [5.41, 5.74) is -1.91. The van der Waals surface area contributed by atoms with Crippen LogP contribution in [-0.2, 0) is 17.8 Å². The van der Waals surface area contributed by atoms with Gasteiger partial charge in [-0.3, -0.25) is 0 Å². The van der Waals surface area contributed by atoms with E-state index in [2.05, 4.69) is 4.98 Å². The Bertz CT molecular complexity index is 1500. The summed E-state index contributed by atoms with van der Waals surface area (Å²) in [6.45, 7) is 6.09. The third-order valence-corrected chi connectivity index (χ3v) is 10.9. The van der Waals surface area contributed by atoms with Gasteiger partial charge in [0.05, 0.1) is 0 Å². The van der Waals surface area contributed by atoms with Gasteiger partial charge < -0.3 is 0 Å². The first kappa shape index (κ1) is 28.2. The first-order valence-electron chi connectivity index (χ1n) is 12.2. The molecule has 0 N–H and O–H groups in total. The molecule has 8 heteroatoms. The molecule has 0 bridgehead atoms. The van der Waals surface area contributed by atoms with Crippen LogP contribution in [0.4, 0.5) is 26.3 Å². The van der Waals surface area contributed by atoms with Gasteiger partial charge in [-0.15, -0.1) is 0 Å². The zero-order valence-electron chi connectivity index (χ0n) is 22.1. The molecule has 1 heterocycles. The van der Waals surface area contributed by atoms with Crippen molar-refractivity contribution in [3.63, 3.8) is 0 Å². The maximum atomic E-state index is 14.2. The zero-order chi connectivity index (χ0) is 28.3. The van der Waals surface area contributed by atoms with Crippen LogP contribution < -0.4 is 4.40 Å². The first-order chi connectivity index (χ1) is 17.4. The van der Waals surface area contributed by atoms with Crippen molar-refractivity contribution in [2.45, 2.75) is 55.8 Å². The molecule has 0 radical (unpaired) electrons. The summed E-state index contributed by atoms with van der Waals surface area (Å²) in [7, 11) is 0. The van der Waals surface area contributed by atoms with Crippen LogP contribution >= 0.6 is 0 Å². The van der Waals surface area contributed by atoms with Gasteiger partial charge >= 0.3 is 215 Å². The number of pyridine rings is 1. The van der Waals surface area contributed by atoms with Gasteiger partial charge in [0.2, 0.25) is 0 Å². The number of rotatable bonds is 3. The number of hydrogen-bond acceptors (Lipinski definition) is 1. The molecule has 4 aromatic rings. The van der Waals surface area contributed by atoms with Crippen molar-refractivity contribution >= 4 is 28.4 Å². The first-order valence-corrected chi connectivity index (χ1v) is 19.5. The molecule has 0 amide bonds. The number of halogens is 6. The number of nitrogens with zero attached hydrogens (tertiary/aromatic N) is 1. The van der Waals surface area contributed by atoms with Gasteiger partial charge in [0.1, 0.15) is 0 Å². The molecule has 1 nitrogen and oxygen atoms in total. The van der Waals surface area contributed by atoms with Gasteiger partial charge in [-0.2, -0.15) is 0 Å². The van der Waals surface area contributed by atoms with Crippen LogP contribution in [0.5, 0.6) is 0 Å². The molecule has 0 unspecified atom stereocenters. The fraction of sp³-hybridized carbons (Fsp3) is 0.300. The minimum absolute atomic E-state index is 0.176. The Morgan fingerprint density at radius 2 is 1.29 bits per heavy atom. The SMILES string of the molecule is CC(C)(C)c1cc(-c2cc(-c3cc[c]([Ge]([CH3])([CH3])[CH3])cc3C(F)(F)F)c(C(F)(F)F)cn2)cc2ccccc12. The summed E-state index contributed by atoms with van der Waals surface area (Å²) in [6, 6.07) is 16.2. The molecule has 4 rings (SSSR count). The van der Waals surface area contributed by atoms with Crippen LogP contribution in [-0.4, -0.2) is 18.3 Å². The molecule has 0 aliphatic heterocycles. The maximum absolute atomic E-state index is 14.2. The quantitative estimate of drug-likeness (QED) is 0.171. The molecular weight excluding hydrogens is 561 g/mol. The van der Waals surface area contributed by atoms with Crippen molar-refractivity contribution < 1.29 is 26.3 Å². The fourth-order valence-electron chi connectivity index (χ4n) is 4.62. The van der Waals surface area contributed by atoms with Gasteiger partial charge in [0, 0.05) is 0 Å². The molecule has 0 saturated carbocycles. The van der Waals surface area contributed by atoms with E-state index in [9.17, 15) is 26.3 Å². The zero-order valence-corrected chi connectivity index (χ0v) is 24.2. The van der Waals surface area contributed by atoms with E-state index in [1.54, 1.807) is 6.07 Å². The van der Waals surface area contributed by atoms with Crippen LogP contribution in [0.25, 0.3) is 33.2 Å². The summed E-state index contributed by atoms with van der Waals surface area (Å²) in [5.74, 6) is 5.81. The predicted octanol–water partition coefficient (Wildman–Crippen LogP) is 9.45. The van der Waals surface area contributed by atoms with Gasteiger partial charge in [-0.25, -0.2) is 0 Å². The van der Waals surface area contributed by atoms with Crippen molar-refractivity contribution in [3.8, 4) is 22.4 Å². The Morgan fingerprint density at radius 3 is 1.87 bits per heavy atom. The molecule has 0 aliphatic rings. The van der Waals surface area contributed by atoms with Gasteiger partial charge in [0.25, 0.3) is 0 Å². The van der Waals surface area contributed by atoms with Crippen molar-refractivity contribution in [1.29, 1.82) is 0 Å². The van der Waals surface area contributed by atoms with Crippen LogP contribution in [0, 0.1) is 0 Å². The molecule has 1 aromatic heterocycles. The van der Waals surface area contributed by atoms with E-state index in [4.69, 9.17) is 0 Å². The number of fused-ring (bicyclic) bond motifs is 1. The topological polar surface area (TPSA) is 12.9 Å². The molecule has 0 saturated heterocycles. The number of benzene rings is 3. The van der Waals surface area contributed by atoms with E-state index in [1.807, 2.05) is 74.4 Å². The van der Waals surface area contributed by atoms with Crippen LogP contribution in [0.3, 0.4) is 0 Å². The van der Waals surface area contributed by atoms with Crippen molar-refractivity contribution in [2.75, 3.05) is 0 Å². The average Bonchev–Trinajstić information content (AvgIpc) is 2.80. The summed E-state index contributed by atoms with van der Waals surface area (Å²) in [6.07, 6.45) is -9.07. The van der Waals surface area contributed by atoms with E-state index in [1.165, 1.54) is 6.07 Å². The van der Waals surface area contributed by atoms with E-state index in [0.29, 0.717) is 16.2 Å². The number of aromatic nitrogens is 1.